The number of nitrogens with zero attached hydrogens (tertiary/aromatic N) is 1. The summed E-state index contributed by atoms with van der Waals surface area (Å²) in [4.78, 5) is 22.4. The molecule has 0 heterocycles. The molecule has 0 bridgehead atoms. The van der Waals surface area contributed by atoms with Crippen LogP contribution in [0.25, 0.3) is 0 Å². The van der Waals surface area contributed by atoms with E-state index in [-0.39, 0.29) is 12.8 Å². The van der Waals surface area contributed by atoms with Crippen LogP contribution >= 0.6 is 47.8 Å². The Balaban J connectivity index is 2.93. The predicted molar refractivity (Wildman–Crippen MR) is 79.6 cm³/mol. The summed E-state index contributed by atoms with van der Waals surface area (Å²) in [6, 6.07) is 3.53. The molecule has 4 N–H and O–H groups in total. The van der Waals surface area contributed by atoms with Gasteiger partial charge in [-0.15, -0.1) is 0 Å². The van der Waals surface area contributed by atoms with Crippen LogP contribution in [-0.2, 0) is 9.59 Å². The van der Waals surface area contributed by atoms with Crippen molar-refractivity contribution in [3.8, 4) is 0 Å². The molecule has 0 unspecified atom stereocenters. The fourth-order valence-corrected chi connectivity index (χ4v) is 3.88. The summed E-state index contributed by atoms with van der Waals surface area (Å²) in [5.74, 6) is 4.81. The molecule has 0 saturated heterocycles. The minimum atomic E-state index is -0.536. The van der Waals surface area contributed by atoms with E-state index in [1.54, 1.807) is 12.1 Å². The Labute approximate surface area is 129 Å². The number of primary amides is 1. The average Bonchev–Trinajstić information content (AvgIpc) is 2.24. The van der Waals surface area contributed by atoms with Gasteiger partial charge in [-0.1, -0.05) is 15.9 Å². The van der Waals surface area contributed by atoms with Crippen molar-refractivity contribution >= 4 is 65.3 Å². The van der Waals surface area contributed by atoms with Gasteiger partial charge in [0.1, 0.15) is 0 Å². The van der Waals surface area contributed by atoms with Crippen molar-refractivity contribution < 1.29 is 9.59 Å². The van der Waals surface area contributed by atoms with Crippen molar-refractivity contribution in [3.05, 3.63) is 25.6 Å². The molecule has 0 aromatic heterocycles. The molecule has 8 heteroatoms. The molecule has 0 aliphatic carbocycles. The lowest BCUT2D eigenvalue weighted by atomic mass is 10.2. The summed E-state index contributed by atoms with van der Waals surface area (Å²) in [6.07, 6.45) is -0.0565. The number of amides is 2. The normalized spacial score (nSPS) is 10.2. The zero-order chi connectivity index (χ0) is 13.9. The van der Waals surface area contributed by atoms with Crippen molar-refractivity contribution in [1.29, 1.82) is 0 Å². The van der Waals surface area contributed by atoms with Crippen LogP contribution in [0.5, 0.6) is 0 Å². The summed E-state index contributed by atoms with van der Waals surface area (Å²) < 4.78 is 2.14. The molecule has 0 fully saturated rings. The van der Waals surface area contributed by atoms with Crippen LogP contribution in [0.2, 0.25) is 0 Å². The third kappa shape index (κ3) is 4.04. The maximum Gasteiger partial charge on any atom is 0.241 e. The molecule has 1 aromatic carbocycles. The summed E-state index contributed by atoms with van der Waals surface area (Å²) in [5.41, 5.74) is 5.48. The molecule has 0 aliphatic heterocycles. The molecule has 5 nitrogen and oxygen atoms in total. The molecule has 0 atom stereocenters. The number of hydrazine groups is 1. The van der Waals surface area contributed by atoms with Crippen molar-refractivity contribution in [1.82, 2.24) is 0 Å². The van der Waals surface area contributed by atoms with Crippen molar-refractivity contribution in [2.45, 2.75) is 12.8 Å². The van der Waals surface area contributed by atoms with Gasteiger partial charge < -0.3 is 5.73 Å². The Hall–Kier alpha value is -0.440. The van der Waals surface area contributed by atoms with E-state index in [9.17, 15) is 9.59 Å². The third-order valence-corrected chi connectivity index (χ3v) is 3.74. The standard InChI is InChI=1S/C10H10Br3N3O2/c11-5-3-6(12)10(7(13)4-5)16(15)9(18)2-1-8(14)17/h3-4H,1-2,15H2,(H2,14,17). The molecular weight excluding hydrogens is 434 g/mol. The smallest absolute Gasteiger partial charge is 0.241 e. The topological polar surface area (TPSA) is 89.4 Å². The highest BCUT2D eigenvalue weighted by molar-refractivity contribution is 9.11. The zero-order valence-corrected chi connectivity index (χ0v) is 13.9. The fourth-order valence-electron chi connectivity index (χ4n) is 1.24. The van der Waals surface area contributed by atoms with E-state index in [0.717, 1.165) is 9.48 Å². The van der Waals surface area contributed by atoms with Crippen LogP contribution in [0.4, 0.5) is 5.69 Å². The number of benzene rings is 1. The van der Waals surface area contributed by atoms with Crippen LogP contribution in [0.15, 0.2) is 25.6 Å². The van der Waals surface area contributed by atoms with Crippen molar-refractivity contribution in [2.75, 3.05) is 5.01 Å². The van der Waals surface area contributed by atoms with Gasteiger partial charge in [0.05, 0.1) is 5.69 Å². The van der Waals surface area contributed by atoms with Gasteiger partial charge in [-0.25, -0.2) is 10.9 Å². The van der Waals surface area contributed by atoms with Gasteiger partial charge in [-0.3, -0.25) is 9.59 Å². The first-order valence-corrected chi connectivity index (χ1v) is 7.21. The zero-order valence-electron chi connectivity index (χ0n) is 9.12. The summed E-state index contributed by atoms with van der Waals surface area (Å²) in [7, 11) is 0. The van der Waals surface area contributed by atoms with E-state index in [1.165, 1.54) is 0 Å². The highest BCUT2D eigenvalue weighted by Gasteiger charge is 2.18. The Morgan fingerprint density at radius 3 is 2.06 bits per heavy atom. The Bertz CT molecular complexity index is 470. The van der Waals surface area contributed by atoms with Gasteiger partial charge in [-0.2, -0.15) is 0 Å². The van der Waals surface area contributed by atoms with E-state index < -0.39 is 11.8 Å². The molecular formula is C10H10Br3N3O2. The number of anilines is 1. The van der Waals surface area contributed by atoms with Gasteiger partial charge in [0.15, 0.2) is 0 Å². The fraction of sp³-hybridized carbons (Fsp3) is 0.200. The Kier molecular flexibility index (Phi) is 5.77. The number of hydrogen-bond donors (Lipinski definition) is 2. The van der Waals surface area contributed by atoms with Crippen LogP contribution in [0.1, 0.15) is 12.8 Å². The monoisotopic (exact) mass is 441 g/mol. The molecule has 0 saturated carbocycles. The predicted octanol–water partition coefficient (Wildman–Crippen LogP) is 2.45. The number of carbonyl (C=O) groups excluding carboxylic acids is 2. The Morgan fingerprint density at radius 1 is 1.11 bits per heavy atom. The number of hydrogen-bond acceptors (Lipinski definition) is 3. The second-order valence-electron chi connectivity index (χ2n) is 3.45. The van der Waals surface area contributed by atoms with Crippen LogP contribution in [0.3, 0.4) is 0 Å². The lowest BCUT2D eigenvalue weighted by Crippen LogP contribution is -2.38. The van der Waals surface area contributed by atoms with Crippen LogP contribution in [-0.4, -0.2) is 11.8 Å². The second kappa shape index (κ2) is 6.65. The number of nitrogens with two attached hydrogens (primary N) is 2. The summed E-state index contributed by atoms with van der Waals surface area (Å²) >= 11 is 9.96. The first-order valence-electron chi connectivity index (χ1n) is 4.83. The highest BCUT2D eigenvalue weighted by Crippen LogP contribution is 2.36. The van der Waals surface area contributed by atoms with Crippen LogP contribution in [0, 0.1) is 0 Å². The molecule has 1 rings (SSSR count). The van der Waals surface area contributed by atoms with Crippen molar-refractivity contribution in [2.24, 2.45) is 11.6 Å². The lowest BCUT2D eigenvalue weighted by Gasteiger charge is -2.19. The quantitative estimate of drug-likeness (QED) is 0.425. The molecule has 2 amide bonds. The first kappa shape index (κ1) is 15.6. The lowest BCUT2D eigenvalue weighted by molar-refractivity contribution is -0.123. The van der Waals surface area contributed by atoms with E-state index >= 15 is 0 Å². The van der Waals surface area contributed by atoms with Crippen molar-refractivity contribution in [3.63, 3.8) is 0 Å². The molecule has 0 spiro atoms. The second-order valence-corrected chi connectivity index (χ2v) is 6.07. The van der Waals surface area contributed by atoms with Gasteiger partial charge >= 0.3 is 0 Å². The van der Waals surface area contributed by atoms with Gasteiger partial charge in [0, 0.05) is 26.3 Å². The minimum absolute atomic E-state index is 0.0270. The minimum Gasteiger partial charge on any atom is -0.370 e. The molecule has 0 aliphatic rings. The maximum atomic E-state index is 11.8. The number of halogens is 3. The first-order chi connectivity index (χ1) is 8.32. The third-order valence-electron chi connectivity index (χ3n) is 2.08. The highest BCUT2D eigenvalue weighted by atomic mass is 79.9. The van der Waals surface area contributed by atoms with Gasteiger partial charge in [0.25, 0.3) is 0 Å². The number of rotatable bonds is 4. The van der Waals surface area contributed by atoms with E-state index in [4.69, 9.17) is 11.6 Å². The summed E-state index contributed by atoms with van der Waals surface area (Å²) in [5, 5.41) is 0.990. The van der Waals surface area contributed by atoms with E-state index in [0.29, 0.717) is 14.6 Å². The molecule has 1 aromatic rings. The largest absolute Gasteiger partial charge is 0.370 e. The van der Waals surface area contributed by atoms with Crippen LogP contribution < -0.4 is 16.6 Å². The van der Waals surface area contributed by atoms with Gasteiger partial charge in [0.2, 0.25) is 11.8 Å². The summed E-state index contributed by atoms with van der Waals surface area (Å²) in [6.45, 7) is 0. The molecule has 98 valence electrons. The Morgan fingerprint density at radius 2 is 1.61 bits per heavy atom. The maximum absolute atomic E-state index is 11.8. The molecule has 18 heavy (non-hydrogen) atoms. The average molecular weight is 444 g/mol. The number of carbonyl (C=O) groups is 2. The van der Waals surface area contributed by atoms with Gasteiger partial charge in [-0.05, 0) is 44.0 Å². The van der Waals surface area contributed by atoms with E-state index in [1.807, 2.05) is 0 Å². The molecule has 0 radical (unpaired) electrons. The SMILES string of the molecule is NC(=O)CCC(=O)N(N)c1c(Br)cc(Br)cc1Br. The van der Waals surface area contributed by atoms with E-state index in [2.05, 4.69) is 47.8 Å².